The van der Waals surface area contributed by atoms with Crippen LogP contribution in [0.4, 0.5) is 0 Å². The van der Waals surface area contributed by atoms with Crippen LogP contribution >= 0.6 is 15.6 Å². The van der Waals surface area contributed by atoms with Gasteiger partial charge in [-0.05, 0) is 25.7 Å². The van der Waals surface area contributed by atoms with E-state index in [0.717, 1.165) is 89.9 Å². The van der Waals surface area contributed by atoms with Gasteiger partial charge in [-0.3, -0.25) is 37.3 Å². The van der Waals surface area contributed by atoms with E-state index >= 15 is 0 Å². The van der Waals surface area contributed by atoms with E-state index in [9.17, 15) is 43.2 Å². The zero-order valence-electron chi connectivity index (χ0n) is 70.8. The summed E-state index contributed by atoms with van der Waals surface area (Å²) in [5, 5.41) is 10.7. The van der Waals surface area contributed by atoms with Crippen LogP contribution in [0.25, 0.3) is 0 Å². The largest absolute Gasteiger partial charge is 0.472 e. The van der Waals surface area contributed by atoms with Gasteiger partial charge in [0.15, 0.2) is 12.2 Å². The molecule has 642 valence electrons. The number of unbranched alkanes of at least 4 members (excludes halogenated alkanes) is 64. The number of phosphoric ester groups is 2. The molecule has 3 N–H and O–H groups in total. The molecule has 0 aromatic heterocycles. The fraction of sp³-hybridized carbons (Fsp3) is 0.955. The van der Waals surface area contributed by atoms with Crippen molar-refractivity contribution < 1.29 is 80.2 Å². The number of rotatable bonds is 90. The normalized spacial score (nSPS) is 13.7. The van der Waals surface area contributed by atoms with Crippen molar-refractivity contribution >= 4 is 39.5 Å². The molecule has 0 amide bonds. The smallest absolute Gasteiger partial charge is 0.462 e. The molecule has 5 atom stereocenters. The van der Waals surface area contributed by atoms with E-state index < -0.39 is 97.5 Å². The van der Waals surface area contributed by atoms with Crippen LogP contribution in [0, 0.1) is 0 Å². The Labute approximate surface area is 664 Å². The Kier molecular flexibility index (Phi) is 81.5. The van der Waals surface area contributed by atoms with Crippen LogP contribution in [0.5, 0.6) is 0 Å². The van der Waals surface area contributed by atoms with Gasteiger partial charge >= 0.3 is 39.5 Å². The maximum atomic E-state index is 13.2. The third kappa shape index (κ3) is 82.1. The molecule has 0 bridgehead atoms. The Bertz CT molecular complexity index is 2030. The molecule has 19 heteroatoms. The van der Waals surface area contributed by atoms with Crippen molar-refractivity contribution in [2.75, 3.05) is 39.6 Å². The minimum atomic E-state index is -4.97. The second-order valence-corrected chi connectivity index (χ2v) is 34.9. The topological polar surface area (TPSA) is 237 Å². The number of ether oxygens (including phenoxy) is 4. The first kappa shape index (κ1) is 106. The Morgan fingerprint density at radius 2 is 0.370 bits per heavy atom. The van der Waals surface area contributed by atoms with Gasteiger partial charge in [-0.25, -0.2) is 9.13 Å². The van der Waals surface area contributed by atoms with Gasteiger partial charge in [0, 0.05) is 25.7 Å². The van der Waals surface area contributed by atoms with Gasteiger partial charge in [-0.2, -0.15) is 0 Å². The molecular weight excluding hydrogens is 1400 g/mol. The molecule has 0 fully saturated rings. The third-order valence-electron chi connectivity index (χ3n) is 21.1. The lowest BCUT2D eigenvalue weighted by Crippen LogP contribution is -2.30. The molecule has 0 aromatic carbocycles. The standard InChI is InChI=1S/C89H174O17P2/c1-5-9-13-17-21-25-28-31-34-37-39-41-43-45-48-51-54-57-60-64-68-72-76-89(94)106-85(80-100-87(92)74-70-66-62-58-55-52-49-47-44-42-40-38-35-32-29-26-22-18-14-10-6-2)82-104-108(97,98)102-78-83(90)77-101-107(95,96)103-81-84(79-99-86(91)73-69-65-61-24-20-16-12-8-4)105-88(93)75-71-67-63-59-56-53-50-46-36-33-30-27-23-19-15-11-7-3/h83-85,90H,5-82H2,1-4H3,(H,95,96)(H,97,98)/t83-,84+,85+/m0/s1. The molecule has 0 aromatic rings. The first-order valence-corrected chi connectivity index (χ1v) is 49.3. The molecule has 0 saturated heterocycles. The Morgan fingerprint density at radius 3 is 0.546 bits per heavy atom. The van der Waals surface area contributed by atoms with E-state index in [4.69, 9.17) is 37.0 Å². The predicted molar refractivity (Wildman–Crippen MR) is 446 cm³/mol. The summed E-state index contributed by atoms with van der Waals surface area (Å²) in [4.78, 5) is 73.2. The second-order valence-electron chi connectivity index (χ2n) is 32.0. The van der Waals surface area contributed by atoms with Crippen LogP contribution < -0.4 is 0 Å². The molecule has 0 rings (SSSR count). The van der Waals surface area contributed by atoms with E-state index in [1.807, 2.05) is 0 Å². The average molecular weight is 1580 g/mol. The van der Waals surface area contributed by atoms with Crippen molar-refractivity contribution in [1.29, 1.82) is 0 Å². The first-order valence-electron chi connectivity index (χ1n) is 46.3. The quantitative estimate of drug-likeness (QED) is 0.0222. The summed E-state index contributed by atoms with van der Waals surface area (Å²) in [6.45, 7) is 5.04. The van der Waals surface area contributed by atoms with E-state index in [1.165, 1.54) is 321 Å². The van der Waals surface area contributed by atoms with Crippen molar-refractivity contribution in [3.05, 3.63) is 0 Å². The van der Waals surface area contributed by atoms with Gasteiger partial charge < -0.3 is 33.8 Å². The van der Waals surface area contributed by atoms with Crippen molar-refractivity contribution in [1.82, 2.24) is 0 Å². The molecule has 0 saturated carbocycles. The van der Waals surface area contributed by atoms with Crippen molar-refractivity contribution in [2.45, 2.75) is 508 Å². The molecule has 0 aliphatic rings. The lowest BCUT2D eigenvalue weighted by molar-refractivity contribution is -0.161. The molecule has 0 spiro atoms. The Hall–Kier alpha value is -1.94. The number of carbonyl (C=O) groups excluding carboxylic acids is 4. The van der Waals surface area contributed by atoms with Crippen LogP contribution in [0.1, 0.15) is 490 Å². The second kappa shape index (κ2) is 83.0. The number of aliphatic hydroxyl groups excluding tert-OH is 1. The van der Waals surface area contributed by atoms with Crippen LogP contribution in [0.15, 0.2) is 0 Å². The monoisotopic (exact) mass is 1580 g/mol. The van der Waals surface area contributed by atoms with Gasteiger partial charge in [0.2, 0.25) is 0 Å². The third-order valence-corrected chi connectivity index (χ3v) is 23.0. The highest BCUT2D eigenvalue weighted by atomic mass is 31.2. The number of hydrogen-bond donors (Lipinski definition) is 3. The summed E-state index contributed by atoms with van der Waals surface area (Å²) < 4.78 is 68.9. The Morgan fingerprint density at radius 1 is 0.222 bits per heavy atom. The molecule has 0 heterocycles. The summed E-state index contributed by atoms with van der Waals surface area (Å²) >= 11 is 0. The highest BCUT2D eigenvalue weighted by Gasteiger charge is 2.30. The molecule has 108 heavy (non-hydrogen) atoms. The van der Waals surface area contributed by atoms with Gasteiger partial charge in [0.05, 0.1) is 26.4 Å². The van der Waals surface area contributed by atoms with E-state index in [-0.39, 0.29) is 25.7 Å². The van der Waals surface area contributed by atoms with Crippen LogP contribution in [0.3, 0.4) is 0 Å². The highest BCUT2D eigenvalue weighted by Crippen LogP contribution is 2.45. The number of carbonyl (C=O) groups is 4. The molecule has 0 aliphatic carbocycles. The molecule has 2 unspecified atom stereocenters. The summed E-state index contributed by atoms with van der Waals surface area (Å²) in [6.07, 6.45) is 79.5. The van der Waals surface area contributed by atoms with E-state index in [2.05, 4.69) is 27.7 Å². The van der Waals surface area contributed by atoms with Crippen molar-refractivity contribution in [3.63, 3.8) is 0 Å². The van der Waals surface area contributed by atoms with E-state index in [0.29, 0.717) is 25.7 Å². The number of esters is 4. The maximum absolute atomic E-state index is 13.2. The number of hydrogen-bond acceptors (Lipinski definition) is 15. The average Bonchev–Trinajstić information content (AvgIpc) is 0.898. The van der Waals surface area contributed by atoms with Crippen molar-refractivity contribution in [3.8, 4) is 0 Å². The lowest BCUT2D eigenvalue weighted by Gasteiger charge is -2.21. The molecule has 0 aliphatic heterocycles. The zero-order chi connectivity index (χ0) is 78.9. The molecular formula is C89H174O17P2. The van der Waals surface area contributed by atoms with Gasteiger partial charge in [-0.1, -0.05) is 439 Å². The predicted octanol–water partition coefficient (Wildman–Crippen LogP) is 27.7. The lowest BCUT2D eigenvalue weighted by atomic mass is 10.0. The Balaban J connectivity index is 5.17. The van der Waals surface area contributed by atoms with Gasteiger partial charge in [0.25, 0.3) is 0 Å². The first-order chi connectivity index (χ1) is 52.7. The molecule has 0 radical (unpaired) electrons. The van der Waals surface area contributed by atoms with Crippen molar-refractivity contribution in [2.24, 2.45) is 0 Å². The summed E-state index contributed by atoms with van der Waals surface area (Å²) in [6, 6.07) is 0. The minimum absolute atomic E-state index is 0.109. The van der Waals surface area contributed by atoms with Crippen LogP contribution in [-0.4, -0.2) is 96.7 Å². The van der Waals surface area contributed by atoms with Gasteiger partial charge in [0.1, 0.15) is 19.3 Å². The fourth-order valence-corrected chi connectivity index (χ4v) is 15.6. The minimum Gasteiger partial charge on any atom is -0.462 e. The number of aliphatic hydroxyl groups is 1. The highest BCUT2D eigenvalue weighted by molar-refractivity contribution is 7.47. The number of phosphoric acid groups is 2. The fourth-order valence-electron chi connectivity index (χ4n) is 14.1. The summed E-state index contributed by atoms with van der Waals surface area (Å²) in [5.41, 5.74) is 0. The van der Waals surface area contributed by atoms with Crippen LogP contribution in [0.2, 0.25) is 0 Å². The molecule has 17 nitrogen and oxygen atoms in total. The zero-order valence-corrected chi connectivity index (χ0v) is 72.6. The van der Waals surface area contributed by atoms with Crippen LogP contribution in [-0.2, 0) is 65.4 Å². The summed E-state index contributed by atoms with van der Waals surface area (Å²) in [5.74, 6) is -2.10. The van der Waals surface area contributed by atoms with E-state index in [1.54, 1.807) is 0 Å². The summed E-state index contributed by atoms with van der Waals surface area (Å²) in [7, 11) is -9.93. The van der Waals surface area contributed by atoms with Gasteiger partial charge in [-0.15, -0.1) is 0 Å². The SMILES string of the molecule is CCCCCCCCCCCCCCCCCCCCCCCCC(=O)O[C@H](COC(=O)CCCCCCCCCCCCCCCCCCCCCCC)COP(=O)(O)OC[C@@H](O)COP(=O)(O)OC[C@@H](COC(=O)CCCCCCCCCC)OC(=O)CCCCCCCCCCCCCCCCCCC. The maximum Gasteiger partial charge on any atom is 0.472 e.